The number of aliphatic carboxylic acids is 1. The number of ether oxygens (including phenoxy) is 1. The lowest BCUT2D eigenvalue weighted by Gasteiger charge is -2.30. The number of hydrogen-bond donors (Lipinski definition) is 1. The molecule has 1 fully saturated rings. The molecule has 148 valence electrons. The highest BCUT2D eigenvalue weighted by atomic mass is 16.5. The molecule has 0 aromatic heterocycles. The van der Waals surface area contributed by atoms with E-state index in [4.69, 9.17) is 9.84 Å². The Labute approximate surface area is 159 Å². The predicted molar refractivity (Wildman–Crippen MR) is 102 cm³/mol. The summed E-state index contributed by atoms with van der Waals surface area (Å²) in [6, 6.07) is 6.21. The van der Waals surface area contributed by atoms with Crippen LogP contribution in [0.1, 0.15) is 40.0 Å². The van der Waals surface area contributed by atoms with Gasteiger partial charge in [-0.3, -0.25) is 9.59 Å². The van der Waals surface area contributed by atoms with Crippen LogP contribution in [0, 0.1) is 5.41 Å². The molecule has 27 heavy (non-hydrogen) atoms. The Kier molecular flexibility index (Phi) is 6.46. The van der Waals surface area contributed by atoms with E-state index >= 15 is 0 Å². The van der Waals surface area contributed by atoms with E-state index in [0.717, 1.165) is 6.42 Å². The third-order valence-electron chi connectivity index (χ3n) is 4.46. The third-order valence-corrected chi connectivity index (χ3v) is 4.46. The van der Waals surface area contributed by atoms with Crippen LogP contribution in [0.3, 0.4) is 0 Å². The first-order chi connectivity index (χ1) is 12.6. The molecule has 1 aliphatic heterocycles. The van der Waals surface area contributed by atoms with Crippen LogP contribution in [-0.2, 0) is 14.4 Å². The largest absolute Gasteiger partial charge is 0.482 e. The molecule has 7 heteroatoms. The second-order valence-corrected chi connectivity index (χ2v) is 8.06. The van der Waals surface area contributed by atoms with Crippen molar-refractivity contribution in [2.45, 2.75) is 46.1 Å². The normalized spacial score (nSPS) is 16.9. The zero-order valence-corrected chi connectivity index (χ0v) is 16.4. The smallest absolute Gasteiger partial charge is 0.341 e. The van der Waals surface area contributed by atoms with E-state index in [9.17, 15) is 14.4 Å². The molecule has 0 radical (unpaired) electrons. The van der Waals surface area contributed by atoms with Gasteiger partial charge in [0, 0.05) is 25.7 Å². The molecule has 1 atom stereocenters. The van der Waals surface area contributed by atoms with Crippen LogP contribution in [0.4, 0.5) is 5.69 Å². The Balaban J connectivity index is 2.05. The van der Waals surface area contributed by atoms with E-state index in [1.54, 1.807) is 36.2 Å². The quantitative estimate of drug-likeness (QED) is 0.824. The Morgan fingerprint density at radius 3 is 2.41 bits per heavy atom. The van der Waals surface area contributed by atoms with Crippen molar-refractivity contribution >= 4 is 23.5 Å². The monoisotopic (exact) mass is 376 g/mol. The number of anilines is 1. The highest BCUT2D eigenvalue weighted by molar-refractivity contribution is 5.99. The minimum atomic E-state index is -1.05. The number of likely N-dealkylation sites (tertiary alicyclic amines) is 1. The molecular weight excluding hydrogens is 348 g/mol. The van der Waals surface area contributed by atoms with Crippen molar-refractivity contribution in [1.29, 1.82) is 0 Å². The van der Waals surface area contributed by atoms with E-state index < -0.39 is 18.6 Å². The second-order valence-electron chi connectivity index (χ2n) is 8.06. The number of hydrogen-bond acceptors (Lipinski definition) is 4. The van der Waals surface area contributed by atoms with Gasteiger partial charge >= 0.3 is 5.97 Å². The van der Waals surface area contributed by atoms with E-state index in [-0.39, 0.29) is 17.2 Å². The molecule has 1 heterocycles. The highest BCUT2D eigenvalue weighted by Gasteiger charge is 2.36. The minimum absolute atomic E-state index is 0.0177. The van der Waals surface area contributed by atoms with Gasteiger partial charge in [0.1, 0.15) is 11.8 Å². The zero-order valence-electron chi connectivity index (χ0n) is 16.4. The summed E-state index contributed by atoms with van der Waals surface area (Å²) in [5.41, 5.74) is 0.545. The maximum absolute atomic E-state index is 12.9. The van der Waals surface area contributed by atoms with E-state index in [1.807, 2.05) is 20.8 Å². The molecule has 0 bridgehead atoms. The summed E-state index contributed by atoms with van der Waals surface area (Å²) in [5.74, 6) is -0.726. The molecule has 7 nitrogen and oxygen atoms in total. The van der Waals surface area contributed by atoms with Gasteiger partial charge in [-0.05, 0) is 42.5 Å². The van der Waals surface area contributed by atoms with Crippen LogP contribution in [-0.4, -0.2) is 54.0 Å². The summed E-state index contributed by atoms with van der Waals surface area (Å²) in [4.78, 5) is 39.3. The molecule has 0 aliphatic carbocycles. The first-order valence-electron chi connectivity index (χ1n) is 9.10. The van der Waals surface area contributed by atoms with Crippen LogP contribution in [0.5, 0.6) is 5.75 Å². The maximum atomic E-state index is 12.9. The first-order valence-corrected chi connectivity index (χ1v) is 9.10. The molecule has 0 spiro atoms. The Morgan fingerprint density at radius 2 is 1.85 bits per heavy atom. The summed E-state index contributed by atoms with van der Waals surface area (Å²) in [6.07, 6.45) is 1.90. The van der Waals surface area contributed by atoms with Crippen LogP contribution < -0.4 is 9.64 Å². The van der Waals surface area contributed by atoms with Crippen LogP contribution in [0.2, 0.25) is 0 Å². The van der Waals surface area contributed by atoms with Crippen molar-refractivity contribution in [3.63, 3.8) is 0 Å². The number of rotatable bonds is 6. The number of carboxylic acids is 1. The van der Waals surface area contributed by atoms with E-state index in [0.29, 0.717) is 30.8 Å². The summed E-state index contributed by atoms with van der Waals surface area (Å²) in [7, 11) is 1.68. The lowest BCUT2D eigenvalue weighted by atomic mass is 9.91. The summed E-state index contributed by atoms with van der Waals surface area (Å²) >= 11 is 0. The van der Waals surface area contributed by atoms with Gasteiger partial charge in [0.2, 0.25) is 11.8 Å². The Bertz CT molecular complexity index is 693. The fourth-order valence-electron chi connectivity index (χ4n) is 3.14. The number of benzene rings is 1. The molecule has 1 saturated heterocycles. The van der Waals surface area contributed by atoms with Gasteiger partial charge < -0.3 is 19.6 Å². The molecule has 2 amide bonds. The summed E-state index contributed by atoms with van der Waals surface area (Å²) < 4.78 is 5.10. The average molecular weight is 376 g/mol. The number of nitrogens with zero attached hydrogens (tertiary/aromatic N) is 2. The predicted octanol–water partition coefficient (Wildman–Crippen LogP) is 2.54. The van der Waals surface area contributed by atoms with Crippen molar-refractivity contribution in [2.75, 3.05) is 25.1 Å². The average Bonchev–Trinajstić information content (AvgIpc) is 3.07. The lowest BCUT2D eigenvalue weighted by Crippen LogP contribution is -2.47. The number of carbonyl (C=O) groups is 3. The SMILES string of the molecule is CN(C(=O)C1CCCN1C(=O)CC(C)(C)C)c1ccc(OCC(=O)O)cc1. The molecule has 1 N–H and O–H groups in total. The number of carboxylic acid groups (broad SMARTS) is 1. The summed E-state index contributed by atoms with van der Waals surface area (Å²) in [6.45, 7) is 6.23. The molecular formula is C20H28N2O5. The molecule has 0 saturated carbocycles. The Morgan fingerprint density at radius 1 is 1.22 bits per heavy atom. The van der Waals surface area contributed by atoms with Crippen LogP contribution in [0.15, 0.2) is 24.3 Å². The second kappa shape index (κ2) is 8.41. The standard InChI is InChI=1S/C20H28N2O5/c1-20(2,3)12-17(23)22-11-5-6-16(22)19(26)21(4)14-7-9-15(10-8-14)27-13-18(24)25/h7-10,16H,5-6,11-13H2,1-4H3,(H,24,25). The molecule has 1 aliphatic rings. The van der Waals surface area contributed by atoms with Gasteiger partial charge in [0.05, 0.1) is 0 Å². The van der Waals surface area contributed by atoms with Crippen molar-refractivity contribution in [1.82, 2.24) is 4.90 Å². The zero-order chi connectivity index (χ0) is 20.2. The van der Waals surface area contributed by atoms with Crippen molar-refractivity contribution in [2.24, 2.45) is 5.41 Å². The van der Waals surface area contributed by atoms with Crippen molar-refractivity contribution in [3.05, 3.63) is 24.3 Å². The number of amides is 2. The summed E-state index contributed by atoms with van der Waals surface area (Å²) in [5, 5.41) is 8.64. The van der Waals surface area contributed by atoms with Gasteiger partial charge in [-0.15, -0.1) is 0 Å². The van der Waals surface area contributed by atoms with E-state index in [1.165, 1.54) is 4.90 Å². The van der Waals surface area contributed by atoms with Crippen molar-refractivity contribution < 1.29 is 24.2 Å². The fourth-order valence-corrected chi connectivity index (χ4v) is 3.14. The van der Waals surface area contributed by atoms with Crippen LogP contribution >= 0.6 is 0 Å². The van der Waals surface area contributed by atoms with E-state index in [2.05, 4.69) is 0 Å². The molecule has 1 aromatic rings. The molecule has 2 rings (SSSR count). The molecule has 1 unspecified atom stereocenters. The fraction of sp³-hybridized carbons (Fsp3) is 0.550. The first kappa shape index (κ1) is 20.7. The molecule has 1 aromatic carbocycles. The van der Waals surface area contributed by atoms with Crippen molar-refractivity contribution in [3.8, 4) is 5.75 Å². The lowest BCUT2D eigenvalue weighted by molar-refractivity contribution is -0.139. The van der Waals surface area contributed by atoms with Gasteiger partial charge in [0.15, 0.2) is 6.61 Å². The third kappa shape index (κ3) is 5.70. The number of likely N-dealkylation sites (N-methyl/N-ethyl adjacent to an activating group) is 1. The van der Waals surface area contributed by atoms with Gasteiger partial charge in [-0.25, -0.2) is 4.79 Å². The Hall–Kier alpha value is -2.57. The van der Waals surface area contributed by atoms with Gasteiger partial charge in [-0.1, -0.05) is 20.8 Å². The topological polar surface area (TPSA) is 87.2 Å². The van der Waals surface area contributed by atoms with Gasteiger partial charge in [-0.2, -0.15) is 0 Å². The van der Waals surface area contributed by atoms with Crippen LogP contribution in [0.25, 0.3) is 0 Å². The van der Waals surface area contributed by atoms with Gasteiger partial charge in [0.25, 0.3) is 0 Å². The minimum Gasteiger partial charge on any atom is -0.482 e. The number of carbonyl (C=O) groups excluding carboxylic acids is 2. The maximum Gasteiger partial charge on any atom is 0.341 e. The highest BCUT2D eigenvalue weighted by Crippen LogP contribution is 2.27.